The maximum Gasteiger partial charge on any atom is 0.258 e. The van der Waals surface area contributed by atoms with E-state index in [1.54, 1.807) is 18.5 Å². The highest BCUT2D eigenvalue weighted by molar-refractivity contribution is 5.34. The van der Waals surface area contributed by atoms with Crippen molar-refractivity contribution >= 4 is 11.7 Å². The fraction of sp³-hybridized carbons (Fsp3) is 0. The average Bonchev–Trinajstić information content (AvgIpc) is 2.46. The zero-order chi connectivity index (χ0) is 7.68. The van der Waals surface area contributed by atoms with Crippen LogP contribution in [0.4, 0.5) is 5.95 Å². The molecule has 0 unspecified atom stereocenters. The van der Waals surface area contributed by atoms with Crippen molar-refractivity contribution in [1.29, 1.82) is 0 Å². The van der Waals surface area contributed by atoms with E-state index in [1.165, 1.54) is 4.52 Å². The first-order valence-corrected chi connectivity index (χ1v) is 3.04. The van der Waals surface area contributed by atoms with E-state index in [0.717, 1.165) is 0 Å². The van der Waals surface area contributed by atoms with E-state index in [9.17, 15) is 0 Å². The number of anilines is 1. The molecule has 2 aromatic heterocycles. The summed E-state index contributed by atoms with van der Waals surface area (Å²) in [6, 6.07) is 1.77. The van der Waals surface area contributed by atoms with Gasteiger partial charge in [0.15, 0.2) is 0 Å². The lowest BCUT2D eigenvalue weighted by atomic mass is 10.7. The molecule has 3 N–H and O–H groups in total. The Labute approximate surface area is 62.0 Å². The number of nitrogen functional groups attached to an aromatic ring is 1. The van der Waals surface area contributed by atoms with Gasteiger partial charge in [-0.3, -0.25) is 5.43 Å². The van der Waals surface area contributed by atoms with Crippen LogP contribution in [0.2, 0.25) is 0 Å². The molecule has 56 valence electrons. The van der Waals surface area contributed by atoms with Gasteiger partial charge < -0.3 is 0 Å². The zero-order valence-corrected chi connectivity index (χ0v) is 5.60. The van der Waals surface area contributed by atoms with E-state index in [2.05, 4.69) is 20.5 Å². The molecular weight excluding hydrogens is 144 g/mol. The normalized spacial score (nSPS) is 10.3. The van der Waals surface area contributed by atoms with Gasteiger partial charge >= 0.3 is 0 Å². The molecule has 0 aliphatic heterocycles. The minimum absolute atomic E-state index is 0.365. The van der Waals surface area contributed by atoms with Crippen LogP contribution in [0.3, 0.4) is 0 Å². The van der Waals surface area contributed by atoms with Crippen LogP contribution < -0.4 is 11.3 Å². The second-order valence-electron chi connectivity index (χ2n) is 1.94. The molecule has 11 heavy (non-hydrogen) atoms. The highest BCUT2D eigenvalue weighted by Gasteiger charge is 1.99. The lowest BCUT2D eigenvalue weighted by molar-refractivity contribution is 0.937. The number of rotatable bonds is 1. The molecule has 0 spiro atoms. The summed E-state index contributed by atoms with van der Waals surface area (Å²) in [6.45, 7) is 0. The first-order chi connectivity index (χ1) is 5.40. The fourth-order valence-corrected chi connectivity index (χ4v) is 0.794. The predicted octanol–water partition coefficient (Wildman–Crippen LogP) is -0.590. The summed E-state index contributed by atoms with van der Waals surface area (Å²) in [6.07, 6.45) is 3.39. The Morgan fingerprint density at radius 3 is 3.18 bits per heavy atom. The van der Waals surface area contributed by atoms with Gasteiger partial charge in [0.2, 0.25) is 0 Å². The third-order valence-electron chi connectivity index (χ3n) is 1.25. The number of nitrogens with one attached hydrogen (secondary N) is 1. The van der Waals surface area contributed by atoms with Crippen LogP contribution in [-0.2, 0) is 0 Å². The molecule has 0 radical (unpaired) electrons. The minimum Gasteiger partial charge on any atom is -0.291 e. The standard InChI is InChI=1S/C5H6N6/c6-9-4-8-5-7-2-1-3-11(5)10-4/h1-3H,6H2,(H,9,10). The monoisotopic (exact) mass is 150 g/mol. The Morgan fingerprint density at radius 2 is 2.45 bits per heavy atom. The van der Waals surface area contributed by atoms with Crippen molar-refractivity contribution in [3.05, 3.63) is 18.5 Å². The first kappa shape index (κ1) is 6.05. The summed E-state index contributed by atoms with van der Waals surface area (Å²) >= 11 is 0. The number of hydrogen-bond acceptors (Lipinski definition) is 5. The molecule has 0 saturated heterocycles. The molecule has 2 heterocycles. The van der Waals surface area contributed by atoms with Crippen molar-refractivity contribution in [2.24, 2.45) is 5.84 Å². The maximum atomic E-state index is 5.10. The topological polar surface area (TPSA) is 81.1 Å². The van der Waals surface area contributed by atoms with Crippen molar-refractivity contribution in [3.63, 3.8) is 0 Å². The van der Waals surface area contributed by atoms with Crippen LogP contribution in [0.15, 0.2) is 18.5 Å². The van der Waals surface area contributed by atoms with E-state index in [0.29, 0.717) is 11.7 Å². The maximum absolute atomic E-state index is 5.10. The van der Waals surface area contributed by atoms with E-state index >= 15 is 0 Å². The molecule has 2 aromatic rings. The number of aromatic nitrogens is 4. The Morgan fingerprint density at radius 1 is 1.55 bits per heavy atom. The van der Waals surface area contributed by atoms with Crippen LogP contribution in [-0.4, -0.2) is 19.6 Å². The molecule has 0 bridgehead atoms. The van der Waals surface area contributed by atoms with Gasteiger partial charge in [-0.05, 0) is 6.07 Å². The van der Waals surface area contributed by atoms with Gasteiger partial charge in [0, 0.05) is 12.4 Å². The van der Waals surface area contributed by atoms with Gasteiger partial charge in [-0.2, -0.15) is 4.98 Å². The molecule has 0 saturated carbocycles. The van der Waals surface area contributed by atoms with Crippen LogP contribution in [0.1, 0.15) is 0 Å². The third kappa shape index (κ3) is 0.887. The number of hydrazine groups is 1. The van der Waals surface area contributed by atoms with E-state index < -0.39 is 0 Å². The molecule has 0 amide bonds. The van der Waals surface area contributed by atoms with E-state index in [1.807, 2.05) is 0 Å². The smallest absolute Gasteiger partial charge is 0.258 e. The fourth-order valence-electron chi connectivity index (χ4n) is 0.794. The van der Waals surface area contributed by atoms with Gasteiger partial charge in [0.05, 0.1) is 0 Å². The van der Waals surface area contributed by atoms with Gasteiger partial charge in [0.25, 0.3) is 11.7 Å². The van der Waals surface area contributed by atoms with Crippen molar-refractivity contribution in [2.45, 2.75) is 0 Å². The highest BCUT2D eigenvalue weighted by atomic mass is 15.4. The predicted molar refractivity (Wildman–Crippen MR) is 38.6 cm³/mol. The summed E-state index contributed by atoms with van der Waals surface area (Å²) in [7, 11) is 0. The highest BCUT2D eigenvalue weighted by Crippen LogP contribution is 1.98. The second-order valence-corrected chi connectivity index (χ2v) is 1.94. The molecule has 0 atom stereocenters. The molecule has 0 fully saturated rings. The van der Waals surface area contributed by atoms with Crippen LogP contribution in [0.25, 0.3) is 5.78 Å². The molecule has 6 nitrogen and oxygen atoms in total. The quantitative estimate of drug-likeness (QED) is 0.419. The molecule has 2 rings (SSSR count). The SMILES string of the molecule is NNc1nc2ncccn2n1. The summed E-state index contributed by atoms with van der Waals surface area (Å²) < 4.78 is 1.54. The summed E-state index contributed by atoms with van der Waals surface area (Å²) in [5.41, 5.74) is 2.33. The molecular formula is C5H6N6. The van der Waals surface area contributed by atoms with Crippen molar-refractivity contribution in [3.8, 4) is 0 Å². The number of hydrogen-bond donors (Lipinski definition) is 2. The van der Waals surface area contributed by atoms with Gasteiger partial charge in [-0.1, -0.05) is 0 Å². The third-order valence-corrected chi connectivity index (χ3v) is 1.25. The van der Waals surface area contributed by atoms with Crippen molar-refractivity contribution in [2.75, 3.05) is 5.43 Å². The molecule has 0 aliphatic carbocycles. The number of fused-ring (bicyclic) bond motifs is 1. The second kappa shape index (κ2) is 2.17. The van der Waals surface area contributed by atoms with Crippen molar-refractivity contribution < 1.29 is 0 Å². The lowest BCUT2D eigenvalue weighted by Gasteiger charge is -1.84. The van der Waals surface area contributed by atoms with Gasteiger partial charge in [-0.25, -0.2) is 15.3 Å². The lowest BCUT2D eigenvalue weighted by Crippen LogP contribution is -2.08. The van der Waals surface area contributed by atoms with Gasteiger partial charge in [-0.15, -0.1) is 5.10 Å². The summed E-state index contributed by atoms with van der Waals surface area (Å²) in [5.74, 6) is 5.99. The molecule has 6 heteroatoms. The van der Waals surface area contributed by atoms with Crippen molar-refractivity contribution in [1.82, 2.24) is 19.6 Å². The Balaban J connectivity index is 2.69. The number of nitrogens with two attached hydrogens (primary N) is 1. The Bertz CT molecular complexity index is 333. The number of nitrogens with zero attached hydrogens (tertiary/aromatic N) is 4. The first-order valence-electron chi connectivity index (χ1n) is 3.04. The summed E-state index contributed by atoms with van der Waals surface area (Å²) in [5, 5.41) is 3.94. The van der Waals surface area contributed by atoms with E-state index in [-0.39, 0.29) is 0 Å². The summed E-state index contributed by atoms with van der Waals surface area (Å²) in [4.78, 5) is 7.88. The van der Waals surface area contributed by atoms with Crippen LogP contribution >= 0.6 is 0 Å². The zero-order valence-electron chi connectivity index (χ0n) is 5.60. The largest absolute Gasteiger partial charge is 0.291 e. The molecule has 0 aliphatic rings. The van der Waals surface area contributed by atoms with E-state index in [4.69, 9.17) is 5.84 Å². The van der Waals surface area contributed by atoms with Crippen LogP contribution in [0, 0.1) is 0 Å². The van der Waals surface area contributed by atoms with Gasteiger partial charge in [0.1, 0.15) is 0 Å². The average molecular weight is 150 g/mol. The minimum atomic E-state index is 0.365. The molecule has 0 aromatic carbocycles. The van der Waals surface area contributed by atoms with Crippen LogP contribution in [0.5, 0.6) is 0 Å². The Hall–Kier alpha value is -1.69. The Kier molecular flexibility index (Phi) is 1.19.